The fourth-order valence-electron chi connectivity index (χ4n) is 0.671. The van der Waals surface area contributed by atoms with Crippen LogP contribution in [0.1, 0.15) is 27.7 Å². The number of hydrogen-bond acceptors (Lipinski definition) is 1. The molecule has 0 heterocycles. The smallest absolute Gasteiger partial charge is 0.00297 e. The standard InChI is InChI=1S/C6H15N.C3H4/c1-4-7(5-2)6-3;1-3-2/h4-6H2,1-3H3;1H,2H3. The summed E-state index contributed by atoms with van der Waals surface area (Å²) in [6.45, 7) is 11.8. The van der Waals surface area contributed by atoms with Crippen molar-refractivity contribution in [2.75, 3.05) is 19.6 Å². The van der Waals surface area contributed by atoms with E-state index in [1.54, 1.807) is 6.92 Å². The molecule has 0 aliphatic carbocycles. The Labute approximate surface area is 65.4 Å². The summed E-state index contributed by atoms with van der Waals surface area (Å²) in [6.07, 6.45) is 4.60. The van der Waals surface area contributed by atoms with Crippen molar-refractivity contribution in [2.45, 2.75) is 27.7 Å². The zero-order valence-corrected chi connectivity index (χ0v) is 7.65. The summed E-state index contributed by atoms with van der Waals surface area (Å²) in [5.41, 5.74) is 0. The first-order chi connectivity index (χ1) is 4.76. The maximum absolute atomic E-state index is 4.60. The lowest BCUT2D eigenvalue weighted by Gasteiger charge is -2.13. The Morgan fingerprint density at radius 1 is 1.10 bits per heavy atom. The van der Waals surface area contributed by atoms with Crippen LogP contribution in [0.3, 0.4) is 0 Å². The van der Waals surface area contributed by atoms with Crippen molar-refractivity contribution in [1.82, 2.24) is 4.90 Å². The third kappa shape index (κ3) is 10.5. The molecule has 0 unspecified atom stereocenters. The van der Waals surface area contributed by atoms with Crippen LogP contribution in [-0.4, -0.2) is 24.5 Å². The van der Waals surface area contributed by atoms with E-state index in [0.29, 0.717) is 0 Å². The molecule has 1 nitrogen and oxygen atoms in total. The maximum atomic E-state index is 4.60. The average Bonchev–Trinajstić information content (AvgIpc) is 1.93. The van der Waals surface area contributed by atoms with E-state index >= 15 is 0 Å². The molecule has 60 valence electrons. The van der Waals surface area contributed by atoms with E-state index in [9.17, 15) is 0 Å². The summed E-state index contributed by atoms with van der Waals surface area (Å²) in [5, 5.41) is 0. The second kappa shape index (κ2) is 11.3. The second-order valence-corrected chi connectivity index (χ2v) is 1.91. The van der Waals surface area contributed by atoms with Crippen LogP contribution >= 0.6 is 0 Å². The lowest BCUT2D eigenvalue weighted by atomic mass is 10.5. The first kappa shape index (κ1) is 12.2. The van der Waals surface area contributed by atoms with Gasteiger partial charge in [-0.05, 0) is 26.6 Å². The number of hydrogen-bond donors (Lipinski definition) is 0. The zero-order chi connectivity index (χ0) is 8.41. The quantitative estimate of drug-likeness (QED) is 0.543. The third-order valence-corrected chi connectivity index (χ3v) is 1.34. The first-order valence-electron chi connectivity index (χ1n) is 3.86. The molecule has 0 saturated heterocycles. The molecular formula is C9H19N. The van der Waals surface area contributed by atoms with Gasteiger partial charge in [0.2, 0.25) is 0 Å². The summed E-state index contributed by atoms with van der Waals surface area (Å²) in [5.74, 6) is 2.25. The van der Waals surface area contributed by atoms with Gasteiger partial charge in [0.15, 0.2) is 0 Å². The molecule has 0 amide bonds. The summed E-state index contributed by atoms with van der Waals surface area (Å²) in [7, 11) is 0. The van der Waals surface area contributed by atoms with Gasteiger partial charge >= 0.3 is 0 Å². The zero-order valence-electron chi connectivity index (χ0n) is 7.65. The summed E-state index contributed by atoms with van der Waals surface area (Å²) >= 11 is 0. The second-order valence-electron chi connectivity index (χ2n) is 1.91. The minimum absolute atomic E-state index is 1.19. The Balaban J connectivity index is 0. The van der Waals surface area contributed by atoms with Gasteiger partial charge in [0.1, 0.15) is 0 Å². The van der Waals surface area contributed by atoms with Gasteiger partial charge in [0.05, 0.1) is 0 Å². The number of nitrogens with zero attached hydrogens (tertiary/aromatic N) is 1. The Kier molecular flexibility index (Phi) is 13.9. The summed E-state index contributed by atoms with van der Waals surface area (Å²) in [4.78, 5) is 2.38. The summed E-state index contributed by atoms with van der Waals surface area (Å²) < 4.78 is 0. The van der Waals surface area contributed by atoms with Crippen LogP contribution in [0.25, 0.3) is 0 Å². The normalized spacial score (nSPS) is 8.00. The average molecular weight is 141 g/mol. The molecule has 0 N–H and O–H groups in total. The van der Waals surface area contributed by atoms with Crippen molar-refractivity contribution < 1.29 is 0 Å². The van der Waals surface area contributed by atoms with Crippen molar-refractivity contribution in [3.05, 3.63) is 0 Å². The number of terminal acetylenes is 1. The highest BCUT2D eigenvalue weighted by molar-refractivity contribution is 4.73. The largest absolute Gasteiger partial charge is 0.304 e. The molecule has 10 heavy (non-hydrogen) atoms. The van der Waals surface area contributed by atoms with Gasteiger partial charge in [-0.15, -0.1) is 12.3 Å². The minimum Gasteiger partial charge on any atom is -0.304 e. The minimum atomic E-state index is 1.19. The van der Waals surface area contributed by atoms with E-state index in [4.69, 9.17) is 0 Å². The Morgan fingerprint density at radius 2 is 1.30 bits per heavy atom. The van der Waals surface area contributed by atoms with Crippen molar-refractivity contribution >= 4 is 0 Å². The molecule has 0 radical (unpaired) electrons. The van der Waals surface area contributed by atoms with Crippen LogP contribution in [0.15, 0.2) is 0 Å². The van der Waals surface area contributed by atoms with E-state index in [-0.39, 0.29) is 0 Å². The monoisotopic (exact) mass is 141 g/mol. The maximum Gasteiger partial charge on any atom is -0.00297 e. The van der Waals surface area contributed by atoms with Crippen LogP contribution in [0, 0.1) is 12.3 Å². The number of rotatable bonds is 3. The van der Waals surface area contributed by atoms with Crippen molar-refractivity contribution in [3.8, 4) is 12.3 Å². The van der Waals surface area contributed by atoms with E-state index in [1.807, 2.05) is 0 Å². The van der Waals surface area contributed by atoms with Gasteiger partial charge in [-0.1, -0.05) is 20.8 Å². The molecule has 1 heteroatoms. The predicted octanol–water partition coefficient (Wildman–Crippen LogP) is 1.99. The lowest BCUT2D eigenvalue weighted by Crippen LogP contribution is -2.21. The van der Waals surface area contributed by atoms with E-state index in [1.165, 1.54) is 19.6 Å². The molecule has 0 saturated carbocycles. The predicted molar refractivity (Wildman–Crippen MR) is 48.0 cm³/mol. The molecule has 0 aliphatic heterocycles. The van der Waals surface area contributed by atoms with E-state index in [0.717, 1.165) is 0 Å². The fraction of sp³-hybridized carbons (Fsp3) is 0.778. The molecule has 0 aromatic carbocycles. The van der Waals surface area contributed by atoms with Crippen molar-refractivity contribution in [1.29, 1.82) is 0 Å². The third-order valence-electron chi connectivity index (χ3n) is 1.34. The van der Waals surface area contributed by atoms with E-state index < -0.39 is 0 Å². The highest BCUT2D eigenvalue weighted by atomic mass is 15.1. The van der Waals surface area contributed by atoms with Crippen molar-refractivity contribution in [2.24, 2.45) is 0 Å². The molecule has 0 fully saturated rings. The van der Waals surface area contributed by atoms with Gasteiger partial charge in [0.25, 0.3) is 0 Å². The fourth-order valence-corrected chi connectivity index (χ4v) is 0.671. The van der Waals surface area contributed by atoms with Gasteiger partial charge in [0, 0.05) is 0 Å². The lowest BCUT2D eigenvalue weighted by molar-refractivity contribution is 0.321. The molecule has 0 aromatic heterocycles. The van der Waals surface area contributed by atoms with Crippen LogP contribution < -0.4 is 0 Å². The molecular weight excluding hydrogens is 122 g/mol. The van der Waals surface area contributed by atoms with Crippen LogP contribution in [0.5, 0.6) is 0 Å². The molecule has 0 atom stereocenters. The van der Waals surface area contributed by atoms with Gasteiger partial charge in [-0.25, -0.2) is 0 Å². The SMILES string of the molecule is C#CC.CCN(CC)CC. The van der Waals surface area contributed by atoms with Crippen LogP contribution in [0.4, 0.5) is 0 Å². The highest BCUT2D eigenvalue weighted by Crippen LogP contribution is 1.81. The molecule has 0 spiro atoms. The van der Waals surface area contributed by atoms with Crippen LogP contribution in [-0.2, 0) is 0 Å². The van der Waals surface area contributed by atoms with Gasteiger partial charge in [-0.2, -0.15) is 0 Å². The Hall–Kier alpha value is -0.480. The topological polar surface area (TPSA) is 3.24 Å². The molecule has 0 aliphatic rings. The van der Waals surface area contributed by atoms with Gasteiger partial charge < -0.3 is 4.90 Å². The van der Waals surface area contributed by atoms with E-state index in [2.05, 4.69) is 38.0 Å². The van der Waals surface area contributed by atoms with Crippen molar-refractivity contribution in [3.63, 3.8) is 0 Å². The molecule has 0 bridgehead atoms. The Bertz CT molecular complexity index is 71.7. The molecule has 0 rings (SSSR count). The molecule has 0 aromatic rings. The van der Waals surface area contributed by atoms with Gasteiger partial charge in [-0.3, -0.25) is 0 Å². The summed E-state index contributed by atoms with van der Waals surface area (Å²) in [6, 6.07) is 0. The first-order valence-corrected chi connectivity index (χ1v) is 3.86. The Morgan fingerprint density at radius 3 is 1.30 bits per heavy atom. The van der Waals surface area contributed by atoms with Crippen LogP contribution in [0.2, 0.25) is 0 Å². The highest BCUT2D eigenvalue weighted by Gasteiger charge is 1.89.